The molecule has 1 aliphatic heterocycles. The first-order valence-electron chi connectivity index (χ1n) is 7.64. The van der Waals surface area contributed by atoms with E-state index in [4.69, 9.17) is 0 Å². The molecule has 1 saturated heterocycles. The molecular formula is C16H19F3N2O3. The Labute approximate surface area is 137 Å². The molecule has 3 amide bonds. The number of β-amino-alcohol motifs (C(OH)–C–C–N with tert-alkyl or cyclic N) is 1. The van der Waals surface area contributed by atoms with Crippen molar-refractivity contribution in [2.24, 2.45) is 0 Å². The van der Waals surface area contributed by atoms with E-state index in [0.717, 1.165) is 29.2 Å². The number of halogens is 3. The molecule has 5 nitrogen and oxygen atoms in total. The number of imide groups is 1. The Hall–Kier alpha value is -2.09. The maximum atomic E-state index is 12.5. The first-order chi connectivity index (χ1) is 11.1. The molecule has 2 N–H and O–H groups in total. The number of aliphatic hydroxyl groups excluding tert-OH is 1. The minimum absolute atomic E-state index is 0.203. The number of carbonyl (C=O) groups is 2. The second kappa shape index (κ2) is 6.43. The Morgan fingerprint density at radius 2 is 1.71 bits per heavy atom. The molecular weight excluding hydrogens is 325 g/mol. The average Bonchev–Trinajstić information content (AvgIpc) is 2.78. The topological polar surface area (TPSA) is 69.6 Å². The summed E-state index contributed by atoms with van der Waals surface area (Å²) in [4.78, 5) is 25.4. The molecule has 0 bridgehead atoms. The van der Waals surface area contributed by atoms with Crippen LogP contribution >= 0.6 is 0 Å². The molecule has 1 heterocycles. The van der Waals surface area contributed by atoms with Crippen LogP contribution in [0.1, 0.15) is 43.9 Å². The lowest BCUT2D eigenvalue weighted by atomic mass is 9.93. The summed E-state index contributed by atoms with van der Waals surface area (Å²) in [6.07, 6.45) is -4.88. The Bertz CT molecular complexity index is 624. The van der Waals surface area contributed by atoms with Gasteiger partial charge >= 0.3 is 12.2 Å². The number of benzene rings is 1. The highest BCUT2D eigenvalue weighted by Crippen LogP contribution is 2.31. The minimum Gasteiger partial charge on any atom is -0.387 e. The third kappa shape index (κ3) is 3.24. The Balaban J connectivity index is 2.13. The first kappa shape index (κ1) is 18.3. The molecule has 0 radical (unpaired) electrons. The van der Waals surface area contributed by atoms with E-state index >= 15 is 0 Å². The summed E-state index contributed by atoms with van der Waals surface area (Å²) in [6, 6.07) is 3.38. The summed E-state index contributed by atoms with van der Waals surface area (Å²) in [5.41, 5.74) is -1.60. The molecule has 0 saturated carbocycles. The van der Waals surface area contributed by atoms with E-state index in [1.165, 1.54) is 0 Å². The van der Waals surface area contributed by atoms with Crippen LogP contribution in [0.2, 0.25) is 0 Å². The summed E-state index contributed by atoms with van der Waals surface area (Å²) in [7, 11) is 0. The molecule has 0 aromatic heterocycles. The molecule has 1 aliphatic rings. The maximum Gasteiger partial charge on any atom is 0.416 e. The largest absolute Gasteiger partial charge is 0.416 e. The molecule has 1 aromatic carbocycles. The van der Waals surface area contributed by atoms with Gasteiger partial charge in [-0.3, -0.25) is 9.69 Å². The first-order valence-corrected chi connectivity index (χ1v) is 7.64. The van der Waals surface area contributed by atoms with Crippen molar-refractivity contribution in [1.82, 2.24) is 10.2 Å². The molecule has 132 valence electrons. The van der Waals surface area contributed by atoms with Gasteiger partial charge in [0.2, 0.25) is 0 Å². The molecule has 24 heavy (non-hydrogen) atoms. The lowest BCUT2D eigenvalue weighted by molar-refractivity contribution is -0.137. The van der Waals surface area contributed by atoms with Crippen molar-refractivity contribution in [2.75, 3.05) is 6.54 Å². The van der Waals surface area contributed by atoms with E-state index in [9.17, 15) is 27.9 Å². The van der Waals surface area contributed by atoms with Crippen LogP contribution in [-0.4, -0.2) is 34.0 Å². The number of aliphatic hydroxyl groups is 1. The zero-order chi connectivity index (χ0) is 18.1. The van der Waals surface area contributed by atoms with Crippen molar-refractivity contribution >= 4 is 11.9 Å². The van der Waals surface area contributed by atoms with Crippen LogP contribution in [0, 0.1) is 0 Å². The number of carbonyl (C=O) groups excluding carboxylic acids is 2. The fourth-order valence-corrected chi connectivity index (χ4v) is 2.74. The fraction of sp³-hybridized carbons (Fsp3) is 0.500. The normalized spacial score (nSPS) is 18.7. The number of alkyl halides is 3. The Morgan fingerprint density at radius 1 is 1.17 bits per heavy atom. The van der Waals surface area contributed by atoms with E-state index in [2.05, 4.69) is 5.32 Å². The van der Waals surface area contributed by atoms with E-state index in [1.807, 2.05) is 0 Å². The van der Waals surface area contributed by atoms with Gasteiger partial charge < -0.3 is 10.4 Å². The number of hydrogen-bond donors (Lipinski definition) is 2. The van der Waals surface area contributed by atoms with Gasteiger partial charge in [-0.15, -0.1) is 0 Å². The highest BCUT2D eigenvalue weighted by atomic mass is 19.4. The molecule has 1 unspecified atom stereocenters. The quantitative estimate of drug-likeness (QED) is 0.807. The van der Waals surface area contributed by atoms with Crippen LogP contribution in [0.4, 0.5) is 18.0 Å². The number of rotatable bonds is 5. The molecule has 1 aromatic rings. The second-order valence-electron chi connectivity index (χ2n) is 5.77. The number of nitrogens with zero attached hydrogens (tertiary/aromatic N) is 1. The minimum atomic E-state index is -4.46. The number of urea groups is 1. The van der Waals surface area contributed by atoms with E-state index < -0.39 is 35.3 Å². The summed E-state index contributed by atoms with van der Waals surface area (Å²) < 4.78 is 37.6. The van der Waals surface area contributed by atoms with Crippen LogP contribution in [0.25, 0.3) is 0 Å². The lowest BCUT2D eigenvalue weighted by Crippen LogP contribution is -2.46. The molecule has 1 atom stereocenters. The second-order valence-corrected chi connectivity index (χ2v) is 5.77. The van der Waals surface area contributed by atoms with Crippen molar-refractivity contribution in [1.29, 1.82) is 0 Å². The predicted octanol–water partition coefficient (Wildman–Crippen LogP) is 2.85. The highest BCUT2D eigenvalue weighted by molar-refractivity contribution is 6.07. The Kier molecular flexibility index (Phi) is 4.89. The molecule has 0 aliphatic carbocycles. The zero-order valence-electron chi connectivity index (χ0n) is 13.4. The molecule has 1 fully saturated rings. The number of nitrogens with one attached hydrogen (secondary N) is 1. The van der Waals surface area contributed by atoms with Gasteiger partial charge in [0.15, 0.2) is 0 Å². The molecule has 8 heteroatoms. The van der Waals surface area contributed by atoms with E-state index in [1.54, 1.807) is 13.8 Å². The monoisotopic (exact) mass is 344 g/mol. The fourth-order valence-electron chi connectivity index (χ4n) is 2.74. The van der Waals surface area contributed by atoms with Crippen LogP contribution in [-0.2, 0) is 11.0 Å². The van der Waals surface area contributed by atoms with Gasteiger partial charge in [0.1, 0.15) is 5.54 Å². The Morgan fingerprint density at radius 3 is 2.12 bits per heavy atom. The van der Waals surface area contributed by atoms with Gasteiger partial charge in [-0.05, 0) is 30.5 Å². The van der Waals surface area contributed by atoms with Crippen molar-refractivity contribution < 1.29 is 27.9 Å². The van der Waals surface area contributed by atoms with Crippen LogP contribution in [0.15, 0.2) is 24.3 Å². The average molecular weight is 344 g/mol. The third-order valence-electron chi connectivity index (χ3n) is 4.43. The lowest BCUT2D eigenvalue weighted by Gasteiger charge is -2.24. The zero-order valence-corrected chi connectivity index (χ0v) is 13.4. The van der Waals surface area contributed by atoms with Crippen molar-refractivity contribution in [3.63, 3.8) is 0 Å². The highest BCUT2D eigenvalue weighted by Gasteiger charge is 2.49. The summed E-state index contributed by atoms with van der Waals surface area (Å²) in [5.74, 6) is -0.427. The summed E-state index contributed by atoms with van der Waals surface area (Å²) in [5, 5.41) is 12.8. The SMILES string of the molecule is CCC1(CC)NC(=O)N(CC(O)c2ccc(C(F)(F)F)cc2)C1=O. The van der Waals surface area contributed by atoms with Crippen molar-refractivity contribution in [3.05, 3.63) is 35.4 Å². The number of hydrogen-bond acceptors (Lipinski definition) is 3. The van der Waals surface area contributed by atoms with E-state index in [-0.39, 0.29) is 12.1 Å². The van der Waals surface area contributed by atoms with Gasteiger partial charge in [-0.2, -0.15) is 13.2 Å². The maximum absolute atomic E-state index is 12.5. The van der Waals surface area contributed by atoms with Gasteiger partial charge in [0, 0.05) is 0 Å². The smallest absolute Gasteiger partial charge is 0.387 e. The number of amides is 3. The van der Waals surface area contributed by atoms with Crippen LogP contribution in [0.5, 0.6) is 0 Å². The van der Waals surface area contributed by atoms with Crippen LogP contribution in [0.3, 0.4) is 0 Å². The van der Waals surface area contributed by atoms with Gasteiger partial charge in [-0.1, -0.05) is 26.0 Å². The van der Waals surface area contributed by atoms with Crippen molar-refractivity contribution in [2.45, 2.75) is 44.5 Å². The summed E-state index contributed by atoms with van der Waals surface area (Å²) in [6.45, 7) is 3.24. The third-order valence-corrected chi connectivity index (χ3v) is 4.43. The van der Waals surface area contributed by atoms with Crippen LogP contribution < -0.4 is 5.32 Å². The predicted molar refractivity (Wildman–Crippen MR) is 80.0 cm³/mol. The standard InChI is InChI=1S/C16H19F3N2O3/c1-3-15(4-2)13(23)21(14(24)20-15)9-12(22)10-5-7-11(8-6-10)16(17,18)19/h5-8,12,22H,3-4,9H2,1-2H3,(H,20,24). The van der Waals surface area contributed by atoms with Gasteiger partial charge in [0.05, 0.1) is 18.2 Å². The van der Waals surface area contributed by atoms with Crippen molar-refractivity contribution in [3.8, 4) is 0 Å². The van der Waals surface area contributed by atoms with Gasteiger partial charge in [0.25, 0.3) is 5.91 Å². The summed E-state index contributed by atoms with van der Waals surface area (Å²) >= 11 is 0. The molecule has 0 spiro atoms. The van der Waals surface area contributed by atoms with E-state index in [0.29, 0.717) is 12.8 Å². The molecule has 2 rings (SSSR count). The van der Waals surface area contributed by atoms with Gasteiger partial charge in [-0.25, -0.2) is 4.79 Å².